The lowest BCUT2D eigenvalue weighted by molar-refractivity contribution is 0.475. The van der Waals surface area contributed by atoms with Crippen molar-refractivity contribution in [2.75, 3.05) is 11.6 Å². The lowest BCUT2D eigenvalue weighted by Gasteiger charge is -2.10. The molecule has 0 fully saturated rings. The van der Waals surface area contributed by atoms with Crippen molar-refractivity contribution >= 4 is 38.7 Å². The average Bonchev–Trinajstić information content (AvgIpc) is 2.40. The number of halogens is 2. The highest BCUT2D eigenvalue weighted by Gasteiger charge is 2.10. The van der Waals surface area contributed by atoms with Crippen LogP contribution < -0.4 is 5.32 Å². The van der Waals surface area contributed by atoms with Gasteiger partial charge < -0.3 is 10.4 Å². The molecule has 0 aliphatic rings. The first kappa shape index (κ1) is 15.9. The number of nitrogens with one attached hydrogen (secondary N) is 1. The molecule has 2 rings (SSSR count). The number of sulfone groups is 1. The van der Waals surface area contributed by atoms with Gasteiger partial charge in [0, 0.05) is 12.8 Å². The molecule has 7 heteroatoms. The van der Waals surface area contributed by atoms with Crippen molar-refractivity contribution in [2.45, 2.75) is 11.4 Å². The van der Waals surface area contributed by atoms with E-state index in [9.17, 15) is 13.5 Å². The largest absolute Gasteiger partial charge is 0.506 e. The summed E-state index contributed by atoms with van der Waals surface area (Å²) in [5, 5.41) is 13.1. The highest BCUT2D eigenvalue weighted by molar-refractivity contribution is 7.90. The summed E-state index contributed by atoms with van der Waals surface area (Å²) >= 11 is 11.9. The first-order valence-electron chi connectivity index (χ1n) is 5.98. The second-order valence-electron chi connectivity index (χ2n) is 4.55. The van der Waals surface area contributed by atoms with Crippen LogP contribution in [0.25, 0.3) is 0 Å². The first-order valence-corrected chi connectivity index (χ1v) is 8.63. The smallest absolute Gasteiger partial charge is 0.175 e. The Hall–Kier alpha value is -1.43. The minimum atomic E-state index is -3.29. The molecule has 0 aromatic heterocycles. The third kappa shape index (κ3) is 4.03. The summed E-state index contributed by atoms with van der Waals surface area (Å²) in [5.74, 6) is 0.0116. The molecule has 0 atom stereocenters. The molecule has 2 aromatic carbocycles. The average molecular weight is 346 g/mol. The number of aromatic hydroxyl groups is 1. The minimum absolute atomic E-state index is 0.0116. The highest BCUT2D eigenvalue weighted by atomic mass is 35.5. The monoisotopic (exact) mass is 345 g/mol. The molecule has 0 saturated heterocycles. The molecule has 0 bridgehead atoms. The maximum absolute atomic E-state index is 11.5. The lowest BCUT2D eigenvalue weighted by Crippen LogP contribution is -2.03. The van der Waals surface area contributed by atoms with E-state index in [0.29, 0.717) is 17.3 Å². The zero-order valence-corrected chi connectivity index (χ0v) is 13.4. The van der Waals surface area contributed by atoms with Gasteiger partial charge in [-0.25, -0.2) is 8.42 Å². The third-order valence-corrected chi connectivity index (χ3v) is 4.60. The number of phenolic OH excluding ortho intramolecular Hbond substituents is 1. The van der Waals surface area contributed by atoms with Gasteiger partial charge >= 0.3 is 0 Å². The fraction of sp³-hybridized carbons (Fsp3) is 0.143. The molecule has 2 aromatic rings. The minimum Gasteiger partial charge on any atom is -0.506 e. The number of anilines is 1. The number of hydrogen-bond acceptors (Lipinski definition) is 4. The van der Waals surface area contributed by atoms with E-state index in [1.807, 2.05) is 0 Å². The normalized spacial score (nSPS) is 11.4. The highest BCUT2D eigenvalue weighted by Crippen LogP contribution is 2.27. The summed E-state index contributed by atoms with van der Waals surface area (Å²) in [5.41, 5.74) is 1.35. The van der Waals surface area contributed by atoms with Crippen LogP contribution in [-0.2, 0) is 16.4 Å². The quantitative estimate of drug-likeness (QED) is 0.886. The summed E-state index contributed by atoms with van der Waals surface area (Å²) < 4.78 is 23.1. The van der Waals surface area contributed by atoms with Crippen LogP contribution in [0.5, 0.6) is 5.75 Å². The topological polar surface area (TPSA) is 66.4 Å². The maximum Gasteiger partial charge on any atom is 0.175 e. The van der Waals surface area contributed by atoms with Crippen LogP contribution in [0.2, 0.25) is 10.0 Å². The molecule has 4 nitrogen and oxygen atoms in total. The van der Waals surface area contributed by atoms with E-state index in [-0.39, 0.29) is 15.7 Å². The van der Waals surface area contributed by atoms with Gasteiger partial charge in [0.25, 0.3) is 0 Å². The molecule has 0 spiro atoms. The molecular weight excluding hydrogens is 333 g/mol. The molecule has 112 valence electrons. The second kappa shape index (κ2) is 6.13. The fourth-order valence-corrected chi connectivity index (χ4v) is 2.76. The zero-order valence-electron chi connectivity index (χ0n) is 11.1. The second-order valence-corrected chi connectivity index (χ2v) is 7.38. The van der Waals surface area contributed by atoms with E-state index in [1.54, 1.807) is 12.1 Å². The molecule has 0 aliphatic carbocycles. The van der Waals surface area contributed by atoms with Crippen molar-refractivity contribution in [3.05, 3.63) is 52.0 Å². The summed E-state index contributed by atoms with van der Waals surface area (Å²) in [4.78, 5) is 0.193. The Balaban J connectivity index is 2.21. The van der Waals surface area contributed by atoms with Gasteiger partial charge in [0.05, 0.1) is 20.6 Å². The van der Waals surface area contributed by atoms with Gasteiger partial charge in [-0.2, -0.15) is 0 Å². The van der Waals surface area contributed by atoms with Crippen molar-refractivity contribution in [1.29, 1.82) is 0 Å². The van der Waals surface area contributed by atoms with Crippen LogP contribution in [0.1, 0.15) is 5.56 Å². The molecule has 0 amide bonds. The SMILES string of the molecule is CS(=O)(=O)c1ccc(Cl)c(NCc2ccc(O)c(Cl)c2)c1. The Kier molecular flexibility index (Phi) is 4.66. The number of benzene rings is 2. The molecule has 2 N–H and O–H groups in total. The van der Waals surface area contributed by atoms with Crippen molar-refractivity contribution in [3.63, 3.8) is 0 Å². The Labute approximate surface area is 133 Å². The van der Waals surface area contributed by atoms with Crippen molar-refractivity contribution in [3.8, 4) is 5.75 Å². The molecule has 0 saturated carbocycles. The van der Waals surface area contributed by atoms with Gasteiger partial charge in [0.15, 0.2) is 9.84 Å². The fourth-order valence-electron chi connectivity index (χ4n) is 1.73. The van der Waals surface area contributed by atoms with E-state index in [0.717, 1.165) is 11.8 Å². The van der Waals surface area contributed by atoms with E-state index < -0.39 is 9.84 Å². The molecular formula is C14H13Cl2NO3S. The van der Waals surface area contributed by atoms with Crippen LogP contribution >= 0.6 is 23.2 Å². The number of hydrogen-bond donors (Lipinski definition) is 2. The van der Waals surface area contributed by atoms with Gasteiger partial charge in [0.2, 0.25) is 0 Å². The van der Waals surface area contributed by atoms with Gasteiger partial charge in [-0.3, -0.25) is 0 Å². The maximum atomic E-state index is 11.5. The van der Waals surface area contributed by atoms with Gasteiger partial charge in [0.1, 0.15) is 5.75 Å². The van der Waals surface area contributed by atoms with E-state index in [2.05, 4.69) is 5.32 Å². The van der Waals surface area contributed by atoms with Crippen molar-refractivity contribution in [1.82, 2.24) is 0 Å². The standard InChI is InChI=1S/C14H13Cl2NO3S/c1-21(19,20)10-3-4-11(15)13(7-10)17-8-9-2-5-14(18)12(16)6-9/h2-7,17-18H,8H2,1H3. The van der Waals surface area contributed by atoms with Crippen LogP contribution in [-0.4, -0.2) is 19.8 Å². The summed E-state index contributed by atoms with van der Waals surface area (Å²) in [7, 11) is -3.29. The summed E-state index contributed by atoms with van der Waals surface area (Å²) in [6, 6.07) is 9.30. The summed E-state index contributed by atoms with van der Waals surface area (Å²) in [6.07, 6.45) is 1.14. The van der Waals surface area contributed by atoms with E-state index >= 15 is 0 Å². The van der Waals surface area contributed by atoms with Crippen molar-refractivity contribution < 1.29 is 13.5 Å². The number of rotatable bonds is 4. The van der Waals surface area contributed by atoms with Crippen LogP contribution in [0, 0.1) is 0 Å². The molecule has 0 unspecified atom stereocenters. The zero-order chi connectivity index (χ0) is 15.6. The van der Waals surface area contributed by atoms with Gasteiger partial charge in [-0.05, 0) is 35.9 Å². The first-order chi connectivity index (χ1) is 9.77. The third-order valence-electron chi connectivity index (χ3n) is 2.86. The molecule has 0 heterocycles. The Morgan fingerprint density at radius 3 is 2.43 bits per heavy atom. The van der Waals surface area contributed by atoms with Crippen LogP contribution in [0.4, 0.5) is 5.69 Å². The Morgan fingerprint density at radius 2 is 1.81 bits per heavy atom. The van der Waals surface area contributed by atoms with Gasteiger partial charge in [-0.15, -0.1) is 0 Å². The van der Waals surface area contributed by atoms with Crippen molar-refractivity contribution in [2.24, 2.45) is 0 Å². The predicted molar refractivity (Wildman–Crippen MR) is 85.0 cm³/mol. The van der Waals surface area contributed by atoms with Crippen LogP contribution in [0.3, 0.4) is 0 Å². The van der Waals surface area contributed by atoms with E-state index in [1.165, 1.54) is 24.3 Å². The van der Waals surface area contributed by atoms with Gasteiger partial charge in [-0.1, -0.05) is 29.3 Å². The molecule has 0 aliphatic heterocycles. The summed E-state index contributed by atoms with van der Waals surface area (Å²) in [6.45, 7) is 0.396. The Bertz CT molecular complexity index is 776. The number of phenols is 1. The Morgan fingerprint density at radius 1 is 1.10 bits per heavy atom. The molecule has 21 heavy (non-hydrogen) atoms. The van der Waals surface area contributed by atoms with Crippen LogP contribution in [0.15, 0.2) is 41.3 Å². The molecule has 0 radical (unpaired) electrons. The lowest BCUT2D eigenvalue weighted by atomic mass is 10.2. The van der Waals surface area contributed by atoms with E-state index in [4.69, 9.17) is 23.2 Å². The predicted octanol–water partition coefficient (Wildman–Crippen LogP) is 3.71.